The SMILES string of the molecule is Cc1ccc2nc(-c3cc4ccc(F)cc4oc3=O)cn2n1. The molecule has 5 nitrogen and oxygen atoms in total. The third kappa shape index (κ3) is 1.96. The van der Waals surface area contributed by atoms with Crippen molar-refractivity contribution >= 4 is 16.6 Å². The van der Waals surface area contributed by atoms with Gasteiger partial charge in [0.1, 0.15) is 11.4 Å². The van der Waals surface area contributed by atoms with Gasteiger partial charge >= 0.3 is 5.63 Å². The summed E-state index contributed by atoms with van der Waals surface area (Å²) in [5.41, 5.74) is 1.93. The molecule has 0 radical (unpaired) electrons. The zero-order chi connectivity index (χ0) is 15.3. The van der Waals surface area contributed by atoms with Gasteiger partial charge in [-0.3, -0.25) is 0 Å². The highest BCUT2D eigenvalue weighted by atomic mass is 19.1. The van der Waals surface area contributed by atoms with E-state index in [1.807, 2.05) is 19.1 Å². The Balaban J connectivity index is 1.97. The Morgan fingerprint density at radius 2 is 2.05 bits per heavy atom. The van der Waals surface area contributed by atoms with E-state index in [0.29, 0.717) is 22.3 Å². The monoisotopic (exact) mass is 295 g/mol. The predicted octanol–water partition coefficient (Wildman–Crippen LogP) is 2.95. The zero-order valence-corrected chi connectivity index (χ0v) is 11.6. The number of hydrogen-bond acceptors (Lipinski definition) is 4. The van der Waals surface area contributed by atoms with Gasteiger partial charge in [0.05, 0.1) is 23.1 Å². The highest BCUT2D eigenvalue weighted by Crippen LogP contribution is 2.21. The number of benzene rings is 1. The molecule has 4 aromatic rings. The summed E-state index contributed by atoms with van der Waals surface area (Å²) in [4.78, 5) is 16.5. The van der Waals surface area contributed by atoms with E-state index in [0.717, 1.165) is 5.69 Å². The van der Waals surface area contributed by atoms with Crippen molar-refractivity contribution in [2.24, 2.45) is 0 Å². The standard InChI is InChI=1S/C16H10FN3O2/c1-9-2-5-15-18-13(8-20(15)19-9)12-6-10-3-4-11(17)7-14(10)22-16(12)21/h2-8H,1H3. The van der Waals surface area contributed by atoms with Crippen LogP contribution in [0.5, 0.6) is 0 Å². The van der Waals surface area contributed by atoms with Crippen LogP contribution in [-0.4, -0.2) is 14.6 Å². The molecule has 22 heavy (non-hydrogen) atoms. The Morgan fingerprint density at radius 3 is 2.91 bits per heavy atom. The lowest BCUT2D eigenvalue weighted by molar-refractivity contribution is 0.556. The van der Waals surface area contributed by atoms with Crippen LogP contribution in [0.25, 0.3) is 27.9 Å². The van der Waals surface area contributed by atoms with Gasteiger partial charge in [0.15, 0.2) is 5.65 Å². The first-order valence-corrected chi connectivity index (χ1v) is 6.67. The number of aromatic nitrogens is 3. The van der Waals surface area contributed by atoms with Gasteiger partial charge in [0.25, 0.3) is 0 Å². The summed E-state index contributed by atoms with van der Waals surface area (Å²) in [5.74, 6) is -0.448. The zero-order valence-electron chi connectivity index (χ0n) is 11.6. The van der Waals surface area contributed by atoms with Gasteiger partial charge in [-0.2, -0.15) is 5.10 Å². The Bertz CT molecular complexity index is 1080. The van der Waals surface area contributed by atoms with E-state index in [9.17, 15) is 9.18 Å². The van der Waals surface area contributed by atoms with Crippen LogP contribution in [0.1, 0.15) is 5.69 Å². The van der Waals surface area contributed by atoms with Crippen molar-refractivity contribution in [3.8, 4) is 11.3 Å². The van der Waals surface area contributed by atoms with Crippen LogP contribution in [-0.2, 0) is 0 Å². The fraction of sp³-hybridized carbons (Fsp3) is 0.0625. The highest BCUT2D eigenvalue weighted by molar-refractivity contribution is 5.81. The van der Waals surface area contributed by atoms with Crippen molar-refractivity contribution in [2.45, 2.75) is 6.92 Å². The van der Waals surface area contributed by atoms with Crippen LogP contribution in [0, 0.1) is 12.7 Å². The molecule has 0 amide bonds. The van der Waals surface area contributed by atoms with Crippen LogP contribution in [0.15, 0.2) is 51.8 Å². The Morgan fingerprint density at radius 1 is 1.18 bits per heavy atom. The van der Waals surface area contributed by atoms with Crippen LogP contribution in [0.3, 0.4) is 0 Å². The summed E-state index contributed by atoms with van der Waals surface area (Å²) in [5, 5.41) is 4.93. The van der Waals surface area contributed by atoms with E-state index in [-0.39, 0.29) is 5.58 Å². The summed E-state index contributed by atoms with van der Waals surface area (Å²) in [6.45, 7) is 1.87. The maximum absolute atomic E-state index is 13.2. The van der Waals surface area contributed by atoms with Gasteiger partial charge in [-0.1, -0.05) is 0 Å². The quantitative estimate of drug-likeness (QED) is 0.507. The van der Waals surface area contributed by atoms with Crippen molar-refractivity contribution in [2.75, 3.05) is 0 Å². The maximum Gasteiger partial charge on any atom is 0.345 e. The number of hydrogen-bond donors (Lipinski definition) is 0. The van der Waals surface area contributed by atoms with Crippen LogP contribution >= 0.6 is 0 Å². The molecule has 0 aliphatic heterocycles. The molecule has 0 fully saturated rings. The largest absolute Gasteiger partial charge is 0.422 e. The fourth-order valence-corrected chi connectivity index (χ4v) is 2.37. The van der Waals surface area contributed by atoms with Gasteiger partial charge in [-0.25, -0.2) is 18.7 Å². The van der Waals surface area contributed by atoms with Crippen LogP contribution < -0.4 is 5.63 Å². The lowest BCUT2D eigenvalue weighted by atomic mass is 10.1. The topological polar surface area (TPSA) is 60.4 Å². The van der Waals surface area contributed by atoms with Gasteiger partial charge < -0.3 is 4.42 Å². The number of halogens is 1. The number of rotatable bonds is 1. The first-order chi connectivity index (χ1) is 10.6. The first kappa shape index (κ1) is 12.7. The molecule has 3 aromatic heterocycles. The van der Waals surface area contributed by atoms with Crippen molar-refractivity contribution in [3.63, 3.8) is 0 Å². The van der Waals surface area contributed by atoms with Gasteiger partial charge in [-0.05, 0) is 37.3 Å². The lowest BCUT2D eigenvalue weighted by Gasteiger charge is -1.99. The maximum atomic E-state index is 13.2. The number of nitrogens with zero attached hydrogens (tertiary/aromatic N) is 3. The predicted molar refractivity (Wildman–Crippen MR) is 79.2 cm³/mol. The van der Waals surface area contributed by atoms with Gasteiger partial charge in [-0.15, -0.1) is 0 Å². The van der Waals surface area contributed by atoms with Crippen LogP contribution in [0.4, 0.5) is 4.39 Å². The molecule has 3 heterocycles. The van der Waals surface area contributed by atoms with Crippen molar-refractivity contribution in [1.82, 2.24) is 14.6 Å². The van der Waals surface area contributed by atoms with Crippen molar-refractivity contribution in [1.29, 1.82) is 0 Å². The molecule has 0 N–H and O–H groups in total. The molecule has 0 bridgehead atoms. The normalized spacial score (nSPS) is 11.4. The fourth-order valence-electron chi connectivity index (χ4n) is 2.37. The first-order valence-electron chi connectivity index (χ1n) is 6.67. The Hall–Kier alpha value is -3.02. The molecule has 0 aliphatic carbocycles. The highest BCUT2D eigenvalue weighted by Gasteiger charge is 2.12. The van der Waals surface area contributed by atoms with E-state index < -0.39 is 11.4 Å². The molecule has 6 heteroatoms. The van der Waals surface area contributed by atoms with E-state index in [1.54, 1.807) is 22.8 Å². The minimum absolute atomic E-state index is 0.214. The van der Waals surface area contributed by atoms with E-state index in [4.69, 9.17) is 4.42 Å². The van der Waals surface area contributed by atoms with Crippen LogP contribution in [0.2, 0.25) is 0 Å². The third-order valence-corrected chi connectivity index (χ3v) is 3.43. The van der Waals surface area contributed by atoms with Gasteiger partial charge in [0.2, 0.25) is 0 Å². The second kappa shape index (κ2) is 4.49. The second-order valence-corrected chi connectivity index (χ2v) is 5.03. The third-order valence-electron chi connectivity index (χ3n) is 3.43. The van der Waals surface area contributed by atoms with E-state index >= 15 is 0 Å². The average molecular weight is 295 g/mol. The molecular formula is C16H10FN3O2. The average Bonchev–Trinajstić information content (AvgIpc) is 2.89. The van der Waals surface area contributed by atoms with Crippen molar-refractivity contribution in [3.05, 3.63) is 64.5 Å². The second-order valence-electron chi connectivity index (χ2n) is 5.03. The number of imidazole rings is 1. The minimum Gasteiger partial charge on any atom is -0.422 e. The smallest absolute Gasteiger partial charge is 0.345 e. The summed E-state index contributed by atoms with van der Waals surface area (Å²) >= 11 is 0. The van der Waals surface area contributed by atoms with Gasteiger partial charge in [0, 0.05) is 11.5 Å². The molecule has 0 saturated heterocycles. The Kier molecular flexibility index (Phi) is 2.59. The minimum atomic E-state index is -0.557. The number of fused-ring (bicyclic) bond motifs is 2. The molecule has 0 atom stereocenters. The summed E-state index contributed by atoms with van der Waals surface area (Å²) in [7, 11) is 0. The molecule has 0 saturated carbocycles. The lowest BCUT2D eigenvalue weighted by Crippen LogP contribution is -2.02. The summed E-state index contributed by atoms with van der Waals surface area (Å²) in [6.07, 6.45) is 1.67. The summed E-state index contributed by atoms with van der Waals surface area (Å²) in [6, 6.07) is 9.39. The molecular weight excluding hydrogens is 285 g/mol. The van der Waals surface area contributed by atoms with E-state index in [1.165, 1.54) is 12.1 Å². The molecule has 108 valence electrons. The molecule has 0 unspecified atom stereocenters. The molecule has 4 rings (SSSR count). The number of aryl methyl sites for hydroxylation is 1. The molecule has 0 aliphatic rings. The molecule has 1 aromatic carbocycles. The summed E-state index contributed by atoms with van der Waals surface area (Å²) < 4.78 is 20.0. The molecule has 0 spiro atoms. The van der Waals surface area contributed by atoms with E-state index in [2.05, 4.69) is 10.1 Å². The Labute approximate surface area is 123 Å². The van der Waals surface area contributed by atoms with Crippen molar-refractivity contribution < 1.29 is 8.81 Å².